The smallest absolute Gasteiger partial charge is 0.236 e. The lowest BCUT2D eigenvalue weighted by atomic mass is 9.90. The van der Waals surface area contributed by atoms with Crippen LogP contribution in [0.15, 0.2) is 24.6 Å². The Morgan fingerprint density at radius 3 is 1.67 bits per heavy atom. The average Bonchev–Trinajstić information content (AvgIpc) is 3.68. The highest BCUT2D eigenvalue weighted by Crippen LogP contribution is 2.37. The van der Waals surface area contributed by atoms with Gasteiger partial charge < -0.3 is 19.4 Å². The van der Waals surface area contributed by atoms with E-state index in [1.54, 1.807) is 13.8 Å². The number of nitrogens with zero attached hydrogens (tertiary/aromatic N) is 2. The maximum Gasteiger partial charge on any atom is 0.236 e. The number of ether oxygens (including phenoxy) is 2. The second kappa shape index (κ2) is 18.2. The molecule has 9 atom stereocenters. The topological polar surface area (TPSA) is 131 Å². The molecule has 0 bridgehead atoms. The number of carbonyl (C=O) groups excluding carboxylic acids is 5. The van der Waals surface area contributed by atoms with E-state index >= 15 is 0 Å². The molecular weight excluding hydrogens is 588 g/mol. The Labute approximate surface area is 287 Å². The summed E-state index contributed by atoms with van der Waals surface area (Å²) in [5, 5.41) is 9.66. The Balaban J connectivity index is -0.000000216. The first-order chi connectivity index (χ1) is 26.9. The summed E-state index contributed by atoms with van der Waals surface area (Å²) >= 11 is 0. The van der Waals surface area contributed by atoms with Gasteiger partial charge in [0.1, 0.15) is 24.8 Å². The molecule has 0 aromatic rings. The molecule has 2 fully saturated rings. The highest BCUT2D eigenvalue weighted by Gasteiger charge is 2.46. The van der Waals surface area contributed by atoms with Gasteiger partial charge in [-0.1, -0.05) is 33.6 Å². The van der Waals surface area contributed by atoms with Crippen LogP contribution in [0.25, 0.3) is 0 Å². The van der Waals surface area contributed by atoms with Gasteiger partial charge in [-0.2, -0.15) is 0 Å². The summed E-state index contributed by atoms with van der Waals surface area (Å²) < 4.78 is 61.3. The summed E-state index contributed by atoms with van der Waals surface area (Å²) in [6.45, 7) is 11.3. The van der Waals surface area contributed by atoms with Crippen molar-refractivity contribution in [3.8, 4) is 59.7 Å². The predicted molar refractivity (Wildman–Crippen MR) is 181 cm³/mol. The van der Waals surface area contributed by atoms with Crippen LogP contribution in [0.3, 0.4) is 0 Å². The molecule has 2 saturated heterocycles. The first-order valence-corrected chi connectivity index (χ1v) is 14.7. The van der Waals surface area contributed by atoms with E-state index in [4.69, 9.17) is 30.7 Å². The van der Waals surface area contributed by atoms with Crippen molar-refractivity contribution in [2.24, 2.45) is 23.7 Å². The zero-order valence-corrected chi connectivity index (χ0v) is 26.8. The van der Waals surface area contributed by atoms with Crippen molar-refractivity contribution in [1.82, 2.24) is 9.80 Å². The van der Waals surface area contributed by atoms with Crippen molar-refractivity contribution < 1.29 is 54.8 Å². The molecule has 0 aliphatic carbocycles. The number of carbonyl (C=O) groups is 5. The summed E-state index contributed by atoms with van der Waals surface area (Å²) in [6, 6.07) is 0. The molecule has 4 rings (SSSR count). The Morgan fingerprint density at radius 2 is 1.28 bits per heavy atom. The number of amides is 2. The van der Waals surface area contributed by atoms with Crippen LogP contribution in [-0.2, 0) is 33.4 Å². The Bertz CT molecular complexity index is 1580. The van der Waals surface area contributed by atoms with Gasteiger partial charge in [-0.25, -0.2) is 0 Å². The van der Waals surface area contributed by atoms with Gasteiger partial charge >= 0.3 is 0 Å². The highest BCUT2D eigenvalue weighted by atomic mass is 16.5. The van der Waals surface area contributed by atoms with E-state index in [-0.39, 0.29) is 67.4 Å². The number of hydrogen-bond donors (Lipinski definition) is 1. The minimum absolute atomic E-state index is 0. The number of ketones is 2. The maximum atomic E-state index is 11.8. The Morgan fingerprint density at radius 1 is 0.826 bits per heavy atom. The van der Waals surface area contributed by atoms with Gasteiger partial charge in [-0.15, -0.1) is 6.42 Å². The molecule has 0 spiro atoms. The van der Waals surface area contributed by atoms with Gasteiger partial charge in [-0.05, 0) is 85.2 Å². The van der Waals surface area contributed by atoms with Crippen LogP contribution < -0.4 is 0 Å². The normalized spacial score (nSPS) is 30.7. The Hall–Kier alpha value is -4.89. The second-order valence-electron chi connectivity index (χ2n) is 11.1. The molecule has 1 N–H and O–H groups in total. The summed E-state index contributed by atoms with van der Waals surface area (Å²) in [4.78, 5) is 59.5. The molecule has 2 amide bonds. The second-order valence-corrected chi connectivity index (χ2v) is 11.1. The number of allylic oxidation sites excluding steroid dienone is 2. The molecule has 4 aliphatic rings. The largest absolute Gasteiger partial charge is 0.391 e. The summed E-state index contributed by atoms with van der Waals surface area (Å²) in [5.74, 6) is 21.5. The number of terminal acetylenes is 1. The molecule has 1 unspecified atom stereocenters. The van der Waals surface area contributed by atoms with Crippen LogP contribution in [0.4, 0.5) is 0 Å². The fraction of sp³-hybridized carbons (Fsp3) is 0.472. The van der Waals surface area contributed by atoms with Crippen molar-refractivity contribution in [3.63, 3.8) is 0 Å². The number of hydrogen-bond acceptors (Lipinski definition) is 8. The highest BCUT2D eigenvalue weighted by molar-refractivity contribution is 6.07. The number of rotatable bonds is 4. The van der Waals surface area contributed by atoms with E-state index in [0.29, 0.717) is 0 Å². The van der Waals surface area contributed by atoms with Crippen LogP contribution >= 0.6 is 0 Å². The van der Waals surface area contributed by atoms with Crippen LogP contribution in [0.5, 0.6) is 0 Å². The number of aliphatic hydroxyl groups excluding tert-OH is 1. The minimum atomic E-state index is -0.571. The molecule has 4 aliphatic heterocycles. The van der Waals surface area contributed by atoms with E-state index in [1.165, 1.54) is 34.4 Å². The van der Waals surface area contributed by atoms with Crippen molar-refractivity contribution >= 4 is 29.7 Å². The van der Waals surface area contributed by atoms with E-state index in [1.807, 2.05) is 27.7 Å². The standard InChI is InChI=1S/C13H19NO4.C12H15NO4.C11H4.6H2/c1-7-8(2)13(18-12(7)9(3)15)14-5-4-10(16)6-11(14)17;1-7-8(2)12(17-10(7)6-14)13-4-3-9(15)5-11(13)16;1-3-5-7-9-11-10-8-6-4-2;;;;;;/h4-5,7-9,12-13,15H,6H2,1-3H3;3-4,6-8,10,12H,5H2,1-2H3;1H,2H3;6*1H/t7-,8-,9?,12-,13+;7-,8-,10+,12+;;;;;;;/m00......./s1/i;;;5*1+1D;1+1. The van der Waals surface area contributed by atoms with Gasteiger partial charge in [0.15, 0.2) is 11.6 Å². The van der Waals surface area contributed by atoms with E-state index in [0.717, 1.165) is 6.29 Å². The summed E-state index contributed by atoms with van der Waals surface area (Å²) in [7, 11) is 0. The van der Waals surface area contributed by atoms with Crippen LogP contribution in [0, 0.1) is 83.4 Å². The molecule has 10 heteroatoms. The number of aldehydes is 1. The van der Waals surface area contributed by atoms with Gasteiger partial charge in [-0.3, -0.25) is 29.0 Å². The zero-order chi connectivity index (χ0) is 44.4. The molecule has 0 aromatic heterocycles. The van der Waals surface area contributed by atoms with E-state index < -0.39 is 24.7 Å². The van der Waals surface area contributed by atoms with Crippen molar-refractivity contribution in [3.05, 3.63) is 24.6 Å². The minimum Gasteiger partial charge on any atom is -0.391 e. The number of aliphatic hydroxyl groups is 1. The first kappa shape index (κ1) is 29.8. The fourth-order valence-electron chi connectivity index (χ4n) is 5.08. The van der Waals surface area contributed by atoms with E-state index in [2.05, 4.69) is 53.3 Å². The monoisotopic (exact) mass is 649 g/mol. The van der Waals surface area contributed by atoms with Crippen LogP contribution in [0.2, 0.25) is 0 Å². The quantitative estimate of drug-likeness (QED) is 0.279. The maximum absolute atomic E-state index is 11.8. The molecule has 46 heavy (non-hydrogen) atoms. The van der Waals surface area contributed by atoms with Crippen molar-refractivity contribution in [2.75, 3.05) is 0 Å². The lowest BCUT2D eigenvalue weighted by molar-refractivity contribution is -0.148. The summed E-state index contributed by atoms with van der Waals surface area (Å²) in [5.41, 5.74) is 0. The zero-order valence-electron chi connectivity index (χ0n) is 36.8. The summed E-state index contributed by atoms with van der Waals surface area (Å²) in [6.07, 6.45) is 8.94. The molecule has 0 aromatic carbocycles. The van der Waals surface area contributed by atoms with Crippen LogP contribution in [-0.4, -0.2) is 75.3 Å². The van der Waals surface area contributed by atoms with Gasteiger partial charge in [0.05, 0.1) is 25.0 Å². The fourth-order valence-corrected chi connectivity index (χ4v) is 5.08. The molecule has 4 heterocycles. The van der Waals surface area contributed by atoms with Crippen molar-refractivity contribution in [1.29, 1.82) is 0 Å². The predicted octanol–water partition coefficient (Wildman–Crippen LogP) is 3.31. The van der Waals surface area contributed by atoms with Crippen molar-refractivity contribution in [2.45, 2.75) is 85.2 Å². The molecule has 10 nitrogen and oxygen atoms in total. The Kier molecular flexibility index (Phi) is 11.8. The first-order valence-electron chi connectivity index (χ1n) is 19.7. The average molecular weight is 650 g/mol. The molecule has 0 radical (unpaired) electrons. The molecule has 0 saturated carbocycles. The lowest BCUT2D eigenvalue weighted by Crippen LogP contribution is -2.42. The molecular formula is C36H50N2O8. The van der Waals surface area contributed by atoms with Gasteiger partial charge in [0.2, 0.25) is 11.8 Å². The third kappa shape index (κ3) is 10.1. The van der Waals surface area contributed by atoms with Crippen LogP contribution in [0.1, 0.15) is 70.7 Å². The SMILES string of the molecule is C#CC#CC#CC#CC#CC.CC(O)[C@H]1O[C@@H](N2C=CC(=O)CC2=O)[C@@H](C)[C@@H]1C.C[C@H]1[C@H](C)[C@@H](C=O)O[C@H]1N1C=CC(=O)CC1=O.[2HH].[2H][2H].[2H][2H].[2H][2H].[2H][2H].[2H][2H]. The third-order valence-corrected chi connectivity index (χ3v) is 7.99. The third-order valence-electron chi connectivity index (χ3n) is 7.99. The van der Waals surface area contributed by atoms with E-state index in [9.17, 15) is 29.1 Å². The van der Waals surface area contributed by atoms with Gasteiger partial charge in [0, 0.05) is 40.5 Å². The van der Waals surface area contributed by atoms with Gasteiger partial charge in [0.25, 0.3) is 0 Å². The lowest BCUT2D eigenvalue weighted by Gasteiger charge is -2.30. The molecule has 252 valence electrons.